The van der Waals surface area contributed by atoms with Crippen LogP contribution in [-0.2, 0) is 0 Å². The quantitative estimate of drug-likeness (QED) is 0.324. The third-order valence-corrected chi connectivity index (χ3v) is 3.96. The summed E-state index contributed by atoms with van der Waals surface area (Å²) in [7, 11) is 0. The molecule has 0 aromatic heterocycles. The maximum absolute atomic E-state index is 5.84. The minimum absolute atomic E-state index is 0.695. The van der Waals surface area contributed by atoms with Crippen molar-refractivity contribution in [3.63, 3.8) is 0 Å². The fourth-order valence-corrected chi connectivity index (χ4v) is 2.43. The van der Waals surface area contributed by atoms with E-state index in [1.807, 2.05) is 36.4 Å². The first kappa shape index (κ1) is 18.5. The van der Waals surface area contributed by atoms with Gasteiger partial charge in [-0.15, -0.1) is 0 Å². The van der Waals surface area contributed by atoms with Crippen LogP contribution >= 0.6 is 11.6 Å². The Kier molecular flexibility index (Phi) is 8.33. The molecule has 0 aliphatic rings. The smallest absolute Gasteiger partial charge is 0.119 e. The second kappa shape index (κ2) is 10.8. The third-order valence-electron chi connectivity index (χ3n) is 3.71. The van der Waals surface area contributed by atoms with E-state index in [-0.39, 0.29) is 0 Å². The zero-order chi connectivity index (χ0) is 17.0. The van der Waals surface area contributed by atoms with Gasteiger partial charge < -0.3 is 4.74 Å². The number of rotatable bonds is 10. The molecule has 0 atom stereocenters. The summed E-state index contributed by atoms with van der Waals surface area (Å²) >= 11 is 5.84. The van der Waals surface area contributed by atoms with Crippen molar-refractivity contribution in [3.05, 3.63) is 53.6 Å². The molecule has 128 valence electrons. The number of unbranched alkanes of at least 4 members (excludes halogenated alkanes) is 5. The summed E-state index contributed by atoms with van der Waals surface area (Å²) in [4.78, 5) is 0. The zero-order valence-electron chi connectivity index (χ0n) is 14.2. The highest BCUT2D eigenvalue weighted by Crippen LogP contribution is 2.22. The highest BCUT2D eigenvalue weighted by atomic mass is 35.5. The SMILES string of the molecule is CCCCCCCCOc1ccc(N=Nc2ccc(Cl)cc2)cc1. The number of nitrogens with zero attached hydrogens (tertiary/aromatic N) is 2. The first-order valence-corrected chi connectivity index (χ1v) is 9.06. The Labute approximate surface area is 149 Å². The van der Waals surface area contributed by atoms with E-state index in [0.717, 1.165) is 30.2 Å². The predicted molar refractivity (Wildman–Crippen MR) is 101 cm³/mol. The molecule has 0 aliphatic carbocycles. The molecular formula is C20H25ClN2O. The average molecular weight is 345 g/mol. The van der Waals surface area contributed by atoms with Gasteiger partial charge >= 0.3 is 0 Å². The Balaban J connectivity index is 1.71. The van der Waals surface area contributed by atoms with Crippen molar-refractivity contribution >= 4 is 23.0 Å². The fourth-order valence-electron chi connectivity index (χ4n) is 2.30. The molecule has 2 aromatic rings. The molecule has 2 rings (SSSR count). The van der Waals surface area contributed by atoms with Gasteiger partial charge in [-0.05, 0) is 55.0 Å². The molecule has 2 aromatic carbocycles. The molecule has 3 nitrogen and oxygen atoms in total. The van der Waals surface area contributed by atoms with Crippen molar-refractivity contribution in [2.75, 3.05) is 6.61 Å². The van der Waals surface area contributed by atoms with Crippen molar-refractivity contribution < 1.29 is 4.74 Å². The van der Waals surface area contributed by atoms with Gasteiger partial charge in [0.05, 0.1) is 18.0 Å². The van der Waals surface area contributed by atoms with Crippen LogP contribution in [0.3, 0.4) is 0 Å². The van der Waals surface area contributed by atoms with Gasteiger partial charge in [0.15, 0.2) is 0 Å². The molecule has 4 heteroatoms. The maximum Gasteiger partial charge on any atom is 0.119 e. The minimum Gasteiger partial charge on any atom is -0.494 e. The lowest BCUT2D eigenvalue weighted by molar-refractivity contribution is 0.304. The largest absolute Gasteiger partial charge is 0.494 e. The van der Waals surface area contributed by atoms with E-state index in [0.29, 0.717) is 5.02 Å². The fraction of sp³-hybridized carbons (Fsp3) is 0.400. The minimum atomic E-state index is 0.695. The molecule has 0 saturated heterocycles. The molecule has 0 heterocycles. The summed E-state index contributed by atoms with van der Waals surface area (Å²) in [6, 6.07) is 15.0. The molecule has 0 bridgehead atoms. The lowest BCUT2D eigenvalue weighted by Gasteiger charge is -2.06. The summed E-state index contributed by atoms with van der Waals surface area (Å²) < 4.78 is 5.76. The number of benzene rings is 2. The van der Waals surface area contributed by atoms with Crippen molar-refractivity contribution in [1.29, 1.82) is 0 Å². The Morgan fingerprint density at radius 3 is 1.92 bits per heavy atom. The zero-order valence-corrected chi connectivity index (χ0v) is 15.0. The Morgan fingerprint density at radius 1 is 0.750 bits per heavy atom. The van der Waals surface area contributed by atoms with E-state index in [1.165, 1.54) is 32.1 Å². The summed E-state index contributed by atoms with van der Waals surface area (Å²) in [6.07, 6.45) is 7.63. The topological polar surface area (TPSA) is 34.0 Å². The highest BCUT2D eigenvalue weighted by molar-refractivity contribution is 6.30. The predicted octanol–water partition coefficient (Wildman–Crippen LogP) is 7.49. The van der Waals surface area contributed by atoms with Crippen molar-refractivity contribution in [3.8, 4) is 5.75 Å². The molecular weight excluding hydrogens is 320 g/mol. The second-order valence-corrected chi connectivity index (χ2v) is 6.22. The van der Waals surface area contributed by atoms with Gasteiger partial charge in [-0.2, -0.15) is 10.2 Å². The lowest BCUT2D eigenvalue weighted by atomic mass is 10.1. The molecule has 0 aliphatic heterocycles. The van der Waals surface area contributed by atoms with Crippen molar-refractivity contribution in [2.24, 2.45) is 10.2 Å². The summed E-state index contributed by atoms with van der Waals surface area (Å²) in [6.45, 7) is 3.01. The van der Waals surface area contributed by atoms with Crippen LogP contribution in [0.4, 0.5) is 11.4 Å². The van der Waals surface area contributed by atoms with E-state index in [2.05, 4.69) is 17.2 Å². The Morgan fingerprint density at radius 2 is 1.29 bits per heavy atom. The van der Waals surface area contributed by atoms with Crippen molar-refractivity contribution in [1.82, 2.24) is 0 Å². The Hall–Kier alpha value is -1.87. The van der Waals surface area contributed by atoms with Gasteiger partial charge in [-0.3, -0.25) is 0 Å². The van der Waals surface area contributed by atoms with Crippen LogP contribution in [0.5, 0.6) is 5.75 Å². The number of hydrogen-bond acceptors (Lipinski definition) is 3. The highest BCUT2D eigenvalue weighted by Gasteiger charge is 1.96. The molecule has 0 radical (unpaired) electrons. The Bertz CT molecular complexity index is 609. The van der Waals surface area contributed by atoms with Crippen LogP contribution in [-0.4, -0.2) is 6.61 Å². The summed E-state index contributed by atoms with van der Waals surface area (Å²) in [5.41, 5.74) is 1.58. The monoisotopic (exact) mass is 344 g/mol. The maximum atomic E-state index is 5.84. The van der Waals surface area contributed by atoms with Gasteiger partial charge in [0.25, 0.3) is 0 Å². The van der Waals surface area contributed by atoms with Gasteiger partial charge in [-0.25, -0.2) is 0 Å². The van der Waals surface area contributed by atoms with E-state index < -0.39 is 0 Å². The van der Waals surface area contributed by atoms with E-state index in [1.54, 1.807) is 12.1 Å². The molecule has 0 saturated carbocycles. The molecule has 0 unspecified atom stereocenters. The second-order valence-electron chi connectivity index (χ2n) is 5.79. The van der Waals surface area contributed by atoms with Crippen LogP contribution in [0.1, 0.15) is 45.4 Å². The van der Waals surface area contributed by atoms with Crippen LogP contribution in [0.25, 0.3) is 0 Å². The standard InChI is InChI=1S/C20H25ClN2O/c1-2-3-4-5-6-7-16-24-20-14-12-19(13-15-20)23-22-18-10-8-17(21)9-11-18/h8-15H,2-7,16H2,1H3. The number of halogens is 1. The van der Waals surface area contributed by atoms with Crippen LogP contribution < -0.4 is 4.74 Å². The van der Waals surface area contributed by atoms with Crippen LogP contribution in [0.2, 0.25) is 5.02 Å². The normalized spacial score (nSPS) is 11.1. The average Bonchev–Trinajstić information content (AvgIpc) is 2.61. The third kappa shape index (κ3) is 7.14. The van der Waals surface area contributed by atoms with Gasteiger partial charge in [0.1, 0.15) is 5.75 Å². The molecule has 0 N–H and O–H groups in total. The number of ether oxygens (including phenoxy) is 1. The van der Waals surface area contributed by atoms with Crippen molar-refractivity contribution in [2.45, 2.75) is 45.4 Å². The van der Waals surface area contributed by atoms with Gasteiger partial charge in [0, 0.05) is 5.02 Å². The lowest BCUT2D eigenvalue weighted by Crippen LogP contribution is -1.96. The molecule has 0 spiro atoms. The molecule has 0 amide bonds. The number of hydrogen-bond donors (Lipinski definition) is 0. The van der Waals surface area contributed by atoms with E-state index in [4.69, 9.17) is 16.3 Å². The molecule has 0 fully saturated rings. The van der Waals surface area contributed by atoms with Gasteiger partial charge in [0.2, 0.25) is 0 Å². The van der Waals surface area contributed by atoms with Crippen LogP contribution in [0.15, 0.2) is 58.8 Å². The van der Waals surface area contributed by atoms with E-state index >= 15 is 0 Å². The van der Waals surface area contributed by atoms with E-state index in [9.17, 15) is 0 Å². The van der Waals surface area contributed by atoms with Gasteiger partial charge in [-0.1, -0.05) is 50.6 Å². The number of azo groups is 1. The summed E-state index contributed by atoms with van der Waals surface area (Å²) in [5, 5.41) is 9.09. The first-order valence-electron chi connectivity index (χ1n) is 8.68. The van der Waals surface area contributed by atoms with Crippen LogP contribution in [0, 0.1) is 0 Å². The molecule has 24 heavy (non-hydrogen) atoms. The summed E-state index contributed by atoms with van der Waals surface area (Å²) in [5.74, 6) is 0.883. The first-order chi connectivity index (χ1) is 11.8.